The number of rotatable bonds is 6. The van der Waals surface area contributed by atoms with Crippen LogP contribution in [0.5, 0.6) is 0 Å². The van der Waals surface area contributed by atoms with Crippen LogP contribution in [0.2, 0.25) is 0 Å². The number of hydrogen-bond donors (Lipinski definition) is 1. The molecule has 0 spiro atoms. The standard InChI is InChI=1S/C11H12N2O2S2/c1-3-5-7-10(6-4-2)17(14,15)13-11-12-8-9-16-11/h3-9H,1-2H2,(H,12,13)/b7-5-,10-6+. The Morgan fingerprint density at radius 2 is 2.18 bits per heavy atom. The Labute approximate surface area is 105 Å². The second kappa shape index (κ2) is 6.17. The summed E-state index contributed by atoms with van der Waals surface area (Å²) in [5.41, 5.74) is 0. The molecule has 0 aliphatic heterocycles. The van der Waals surface area contributed by atoms with E-state index in [0.29, 0.717) is 5.13 Å². The Morgan fingerprint density at radius 3 is 2.71 bits per heavy atom. The average molecular weight is 268 g/mol. The van der Waals surface area contributed by atoms with Crippen molar-refractivity contribution in [2.24, 2.45) is 0 Å². The van der Waals surface area contributed by atoms with E-state index in [1.165, 1.54) is 47.9 Å². The van der Waals surface area contributed by atoms with Crippen molar-refractivity contribution in [2.45, 2.75) is 0 Å². The fraction of sp³-hybridized carbons (Fsp3) is 0. The molecule has 0 unspecified atom stereocenters. The van der Waals surface area contributed by atoms with Crippen LogP contribution in [0.3, 0.4) is 0 Å². The molecule has 0 saturated carbocycles. The van der Waals surface area contributed by atoms with Crippen LogP contribution in [0.4, 0.5) is 5.13 Å². The van der Waals surface area contributed by atoms with Crippen molar-refractivity contribution < 1.29 is 8.42 Å². The van der Waals surface area contributed by atoms with E-state index in [-0.39, 0.29) is 4.91 Å². The van der Waals surface area contributed by atoms with Gasteiger partial charge < -0.3 is 0 Å². The lowest BCUT2D eigenvalue weighted by atomic mass is 10.4. The maximum absolute atomic E-state index is 11.9. The van der Waals surface area contributed by atoms with Crippen LogP contribution >= 0.6 is 11.3 Å². The fourth-order valence-corrected chi connectivity index (χ4v) is 2.79. The molecule has 1 heterocycles. The average Bonchev–Trinajstić information content (AvgIpc) is 2.75. The molecule has 4 nitrogen and oxygen atoms in total. The molecule has 6 heteroatoms. The van der Waals surface area contributed by atoms with Crippen molar-refractivity contribution in [3.05, 3.63) is 60.0 Å². The first kappa shape index (κ1) is 13.4. The topological polar surface area (TPSA) is 59.1 Å². The van der Waals surface area contributed by atoms with Gasteiger partial charge in [-0.05, 0) is 12.2 Å². The van der Waals surface area contributed by atoms with E-state index in [2.05, 4.69) is 22.9 Å². The first-order chi connectivity index (χ1) is 8.10. The molecule has 0 aliphatic rings. The zero-order valence-corrected chi connectivity index (χ0v) is 10.7. The quantitative estimate of drug-likeness (QED) is 0.807. The Morgan fingerprint density at radius 1 is 1.41 bits per heavy atom. The summed E-state index contributed by atoms with van der Waals surface area (Å²) in [6.07, 6.45) is 8.80. The van der Waals surface area contributed by atoms with Gasteiger partial charge in [0, 0.05) is 11.6 Å². The van der Waals surface area contributed by atoms with E-state index in [1.54, 1.807) is 5.38 Å². The lowest BCUT2D eigenvalue weighted by molar-refractivity contribution is 0.608. The molecule has 0 fully saturated rings. The van der Waals surface area contributed by atoms with Crippen LogP contribution in [0.1, 0.15) is 0 Å². The summed E-state index contributed by atoms with van der Waals surface area (Å²) in [5.74, 6) is 0. The van der Waals surface area contributed by atoms with E-state index >= 15 is 0 Å². The van der Waals surface area contributed by atoms with Crippen molar-refractivity contribution >= 4 is 26.5 Å². The monoisotopic (exact) mass is 268 g/mol. The van der Waals surface area contributed by atoms with Crippen molar-refractivity contribution in [2.75, 3.05) is 4.72 Å². The molecule has 0 bridgehead atoms. The SMILES string of the molecule is C=C/C=C\C(=C/C=C)S(=O)(=O)Nc1nccs1. The minimum atomic E-state index is -3.63. The zero-order valence-electron chi connectivity index (χ0n) is 9.04. The van der Waals surface area contributed by atoms with Gasteiger partial charge in [0.1, 0.15) is 0 Å². The summed E-state index contributed by atoms with van der Waals surface area (Å²) in [7, 11) is -3.63. The number of allylic oxidation sites excluding steroid dienone is 5. The minimum absolute atomic E-state index is 0.0996. The Balaban J connectivity index is 3.01. The minimum Gasteiger partial charge on any atom is -0.255 e. The first-order valence-corrected chi connectivity index (χ1v) is 7.00. The van der Waals surface area contributed by atoms with Crippen molar-refractivity contribution in [1.82, 2.24) is 4.98 Å². The van der Waals surface area contributed by atoms with Gasteiger partial charge in [0.25, 0.3) is 10.0 Å². The highest BCUT2D eigenvalue weighted by Gasteiger charge is 2.15. The van der Waals surface area contributed by atoms with Gasteiger partial charge in [-0.15, -0.1) is 11.3 Å². The normalized spacial score (nSPS) is 12.6. The van der Waals surface area contributed by atoms with E-state index in [0.717, 1.165) is 0 Å². The van der Waals surface area contributed by atoms with Gasteiger partial charge in [-0.2, -0.15) is 0 Å². The largest absolute Gasteiger partial charge is 0.263 e. The third-order valence-electron chi connectivity index (χ3n) is 1.64. The second-order valence-corrected chi connectivity index (χ2v) is 5.42. The van der Waals surface area contributed by atoms with Crippen LogP contribution in [0, 0.1) is 0 Å². The third-order valence-corrected chi connectivity index (χ3v) is 3.82. The maximum Gasteiger partial charge on any atom is 0.263 e. The smallest absolute Gasteiger partial charge is 0.255 e. The Hall–Kier alpha value is -1.66. The molecule has 1 aromatic heterocycles. The van der Waals surface area contributed by atoms with Crippen LogP contribution < -0.4 is 4.72 Å². The molecule has 1 N–H and O–H groups in total. The summed E-state index contributed by atoms with van der Waals surface area (Å²) in [6, 6.07) is 0. The van der Waals surface area contributed by atoms with Crippen LogP contribution in [0.15, 0.2) is 60.0 Å². The highest BCUT2D eigenvalue weighted by atomic mass is 32.2. The van der Waals surface area contributed by atoms with Crippen molar-refractivity contribution in [3.8, 4) is 0 Å². The molecule has 0 radical (unpaired) electrons. The molecule has 0 atom stereocenters. The number of nitrogens with one attached hydrogen (secondary N) is 1. The van der Waals surface area contributed by atoms with Gasteiger partial charge in [0.05, 0.1) is 4.91 Å². The summed E-state index contributed by atoms with van der Waals surface area (Å²) in [4.78, 5) is 3.95. The molecule has 0 aromatic carbocycles. The van der Waals surface area contributed by atoms with Gasteiger partial charge in [0.15, 0.2) is 5.13 Å². The highest BCUT2D eigenvalue weighted by molar-refractivity contribution is 7.96. The molecule has 17 heavy (non-hydrogen) atoms. The van der Waals surface area contributed by atoms with Gasteiger partial charge >= 0.3 is 0 Å². The van der Waals surface area contributed by atoms with Gasteiger partial charge in [-0.25, -0.2) is 13.4 Å². The lowest BCUT2D eigenvalue weighted by Gasteiger charge is -2.04. The van der Waals surface area contributed by atoms with Crippen LogP contribution in [-0.2, 0) is 10.0 Å². The number of hydrogen-bond acceptors (Lipinski definition) is 4. The number of sulfonamides is 1. The van der Waals surface area contributed by atoms with Gasteiger partial charge in [-0.1, -0.05) is 31.4 Å². The van der Waals surface area contributed by atoms with Crippen LogP contribution in [0.25, 0.3) is 0 Å². The second-order valence-electron chi connectivity index (χ2n) is 2.84. The van der Waals surface area contributed by atoms with Gasteiger partial charge in [0.2, 0.25) is 0 Å². The molecule has 90 valence electrons. The predicted molar refractivity (Wildman–Crippen MR) is 72.3 cm³/mol. The summed E-state index contributed by atoms with van der Waals surface area (Å²) in [6.45, 7) is 6.96. The number of thiazole rings is 1. The summed E-state index contributed by atoms with van der Waals surface area (Å²) >= 11 is 1.21. The number of aromatic nitrogens is 1. The van der Waals surface area contributed by atoms with Crippen molar-refractivity contribution in [1.29, 1.82) is 0 Å². The highest BCUT2D eigenvalue weighted by Crippen LogP contribution is 2.17. The molecular weight excluding hydrogens is 256 g/mol. The molecule has 1 aromatic rings. The van der Waals surface area contributed by atoms with Crippen molar-refractivity contribution in [3.63, 3.8) is 0 Å². The third kappa shape index (κ3) is 4.01. The van der Waals surface area contributed by atoms with E-state index < -0.39 is 10.0 Å². The summed E-state index contributed by atoms with van der Waals surface area (Å²) < 4.78 is 26.3. The predicted octanol–water partition coefficient (Wildman–Crippen LogP) is 2.70. The fourth-order valence-electron chi connectivity index (χ4n) is 0.961. The molecular formula is C11H12N2O2S2. The maximum atomic E-state index is 11.9. The van der Waals surface area contributed by atoms with E-state index in [1.807, 2.05) is 0 Å². The first-order valence-electron chi connectivity index (χ1n) is 4.64. The lowest BCUT2D eigenvalue weighted by Crippen LogP contribution is -2.13. The number of nitrogens with zero attached hydrogens (tertiary/aromatic N) is 1. The van der Waals surface area contributed by atoms with Crippen LogP contribution in [-0.4, -0.2) is 13.4 Å². The molecule has 0 amide bonds. The molecule has 1 rings (SSSR count). The number of anilines is 1. The molecule has 0 aliphatic carbocycles. The summed E-state index contributed by atoms with van der Waals surface area (Å²) in [5, 5.41) is 2.01. The zero-order chi connectivity index (χ0) is 12.7. The van der Waals surface area contributed by atoms with Gasteiger partial charge in [-0.3, -0.25) is 4.72 Å². The van der Waals surface area contributed by atoms with E-state index in [9.17, 15) is 8.42 Å². The van der Waals surface area contributed by atoms with E-state index in [4.69, 9.17) is 0 Å². The molecule has 0 saturated heterocycles. The Bertz CT molecular complexity index is 540. The Kier molecular flexibility index (Phi) is 4.86.